The van der Waals surface area contributed by atoms with E-state index in [1.165, 1.54) is 13.0 Å². The van der Waals surface area contributed by atoms with Crippen molar-refractivity contribution in [3.63, 3.8) is 0 Å². The van der Waals surface area contributed by atoms with Gasteiger partial charge in [0.25, 0.3) is 5.91 Å². The molecule has 1 amide bonds. The molecule has 3 N–H and O–H groups in total. The molecule has 5 nitrogen and oxygen atoms in total. The zero-order chi connectivity index (χ0) is 16.1. The molecule has 2 aromatic rings. The van der Waals surface area contributed by atoms with Gasteiger partial charge >= 0.3 is 0 Å². The van der Waals surface area contributed by atoms with E-state index in [1.807, 2.05) is 30.3 Å². The fourth-order valence-electron chi connectivity index (χ4n) is 1.85. The number of aliphatic hydroxyl groups excluding tert-OH is 1. The number of hydroxylamine groups is 1. The maximum atomic E-state index is 12.0. The number of hydrogen-bond acceptors (Lipinski definition) is 4. The Hall–Kier alpha value is -2.08. The number of aliphatic hydroxyl groups is 1. The van der Waals surface area contributed by atoms with E-state index in [4.69, 9.17) is 21.5 Å². The van der Waals surface area contributed by atoms with Gasteiger partial charge in [-0.15, -0.1) is 0 Å². The van der Waals surface area contributed by atoms with E-state index in [0.717, 1.165) is 5.56 Å². The van der Waals surface area contributed by atoms with Gasteiger partial charge in [0.1, 0.15) is 12.4 Å². The van der Waals surface area contributed by atoms with E-state index in [2.05, 4.69) is 5.48 Å². The van der Waals surface area contributed by atoms with Crippen LogP contribution in [-0.2, 0) is 4.84 Å². The average Bonchev–Trinajstić information content (AvgIpc) is 2.50. The van der Waals surface area contributed by atoms with E-state index in [9.17, 15) is 9.90 Å². The Labute approximate surface area is 133 Å². The lowest BCUT2D eigenvalue weighted by Crippen LogP contribution is -2.27. The monoisotopic (exact) mass is 321 g/mol. The molecule has 0 bridgehead atoms. The summed E-state index contributed by atoms with van der Waals surface area (Å²) < 4.78 is 0. The number of aromatic hydroxyl groups is 1. The maximum Gasteiger partial charge on any atom is 0.278 e. The highest BCUT2D eigenvalue weighted by atomic mass is 35.5. The largest absolute Gasteiger partial charge is 0.506 e. The molecule has 0 saturated heterocycles. The Morgan fingerprint density at radius 3 is 2.59 bits per heavy atom. The molecule has 1 atom stereocenters. The van der Waals surface area contributed by atoms with Gasteiger partial charge in [0, 0.05) is 0 Å². The van der Waals surface area contributed by atoms with Gasteiger partial charge in [0.2, 0.25) is 0 Å². The average molecular weight is 322 g/mol. The van der Waals surface area contributed by atoms with Crippen molar-refractivity contribution in [2.45, 2.75) is 13.0 Å². The number of rotatable bonds is 5. The summed E-state index contributed by atoms with van der Waals surface area (Å²) in [7, 11) is 0. The third kappa shape index (κ3) is 3.98. The van der Waals surface area contributed by atoms with Crippen molar-refractivity contribution >= 4 is 17.5 Å². The number of hydrogen-bond donors (Lipinski definition) is 3. The highest BCUT2D eigenvalue weighted by molar-refractivity contribution is 6.33. The first kappa shape index (κ1) is 16.3. The van der Waals surface area contributed by atoms with Crippen LogP contribution in [0.4, 0.5) is 0 Å². The van der Waals surface area contributed by atoms with E-state index in [0.29, 0.717) is 5.56 Å². The zero-order valence-electron chi connectivity index (χ0n) is 11.9. The second-order valence-electron chi connectivity index (χ2n) is 4.81. The van der Waals surface area contributed by atoms with Crippen LogP contribution in [0.15, 0.2) is 42.5 Å². The lowest BCUT2D eigenvalue weighted by molar-refractivity contribution is -0.00697. The van der Waals surface area contributed by atoms with Gasteiger partial charge in [0.05, 0.1) is 16.7 Å². The molecule has 0 heterocycles. The lowest BCUT2D eigenvalue weighted by Gasteiger charge is -2.11. The van der Waals surface area contributed by atoms with E-state index in [1.54, 1.807) is 6.07 Å². The molecule has 22 heavy (non-hydrogen) atoms. The van der Waals surface area contributed by atoms with Gasteiger partial charge in [-0.1, -0.05) is 41.9 Å². The lowest BCUT2D eigenvalue weighted by atomic mass is 10.0. The molecule has 0 aromatic heterocycles. The number of benzene rings is 2. The molecule has 0 aliphatic rings. The van der Waals surface area contributed by atoms with Crippen molar-refractivity contribution < 1.29 is 19.8 Å². The standard InChI is InChI=1S/C16H16ClNO4/c1-10(19)9-22-18-16(21)13-7-12(8-14(17)15(13)20)11-5-3-2-4-6-11/h2-8,10,19-20H,9H2,1H3,(H,18,21). The molecule has 6 heteroatoms. The molecule has 0 aliphatic heterocycles. The van der Waals surface area contributed by atoms with Gasteiger partial charge in [-0.05, 0) is 30.2 Å². The summed E-state index contributed by atoms with van der Waals surface area (Å²) in [6.45, 7) is 1.47. The second-order valence-corrected chi connectivity index (χ2v) is 5.22. The van der Waals surface area contributed by atoms with Crippen LogP contribution in [0.1, 0.15) is 17.3 Å². The molecule has 2 rings (SSSR count). The Morgan fingerprint density at radius 2 is 1.95 bits per heavy atom. The molecule has 116 valence electrons. The van der Waals surface area contributed by atoms with Gasteiger partial charge in [-0.2, -0.15) is 0 Å². The predicted molar refractivity (Wildman–Crippen MR) is 83.7 cm³/mol. The summed E-state index contributed by atoms with van der Waals surface area (Å²) in [6.07, 6.45) is -0.715. The van der Waals surface area contributed by atoms with Gasteiger partial charge in [0.15, 0.2) is 0 Å². The maximum absolute atomic E-state index is 12.0. The minimum absolute atomic E-state index is 0.00283. The number of phenols is 1. The normalized spacial score (nSPS) is 12.0. The summed E-state index contributed by atoms with van der Waals surface area (Å²) in [5, 5.41) is 19.1. The molecule has 0 aliphatic carbocycles. The molecule has 0 spiro atoms. The van der Waals surface area contributed by atoms with Crippen LogP contribution < -0.4 is 5.48 Å². The fourth-order valence-corrected chi connectivity index (χ4v) is 2.07. The summed E-state index contributed by atoms with van der Waals surface area (Å²) in [5.74, 6) is -0.961. The first-order valence-corrected chi connectivity index (χ1v) is 7.05. The molecular weight excluding hydrogens is 306 g/mol. The Morgan fingerprint density at radius 1 is 1.27 bits per heavy atom. The summed E-state index contributed by atoms with van der Waals surface area (Å²) >= 11 is 5.99. The number of phenolic OH excluding ortho intramolecular Hbond substituents is 1. The van der Waals surface area contributed by atoms with Crippen LogP contribution in [0.3, 0.4) is 0 Å². The minimum Gasteiger partial charge on any atom is -0.506 e. The quantitative estimate of drug-likeness (QED) is 0.740. The summed E-state index contributed by atoms with van der Waals surface area (Å²) in [5.41, 5.74) is 3.72. The SMILES string of the molecule is CC(O)CONC(=O)c1cc(-c2ccccc2)cc(Cl)c1O. The number of carbonyl (C=O) groups excluding carboxylic acids is 1. The summed E-state index contributed by atoms with van der Waals surface area (Å²) in [6, 6.07) is 12.5. The van der Waals surface area contributed by atoms with Gasteiger partial charge in [-0.25, -0.2) is 5.48 Å². The van der Waals surface area contributed by atoms with Crippen LogP contribution in [0, 0.1) is 0 Å². The molecule has 0 radical (unpaired) electrons. The van der Waals surface area contributed by atoms with Crippen LogP contribution in [0.25, 0.3) is 11.1 Å². The van der Waals surface area contributed by atoms with E-state index in [-0.39, 0.29) is 22.9 Å². The number of halogens is 1. The van der Waals surface area contributed by atoms with Crippen molar-refractivity contribution in [3.8, 4) is 16.9 Å². The third-order valence-corrected chi connectivity index (χ3v) is 3.19. The first-order valence-electron chi connectivity index (χ1n) is 6.67. The smallest absolute Gasteiger partial charge is 0.278 e. The predicted octanol–water partition coefficient (Wildman–Crippen LogP) is 2.75. The molecule has 2 aromatic carbocycles. The van der Waals surface area contributed by atoms with Crippen molar-refractivity contribution in [1.29, 1.82) is 0 Å². The van der Waals surface area contributed by atoms with E-state index < -0.39 is 12.0 Å². The van der Waals surface area contributed by atoms with Crippen LogP contribution in [-0.4, -0.2) is 28.8 Å². The first-order chi connectivity index (χ1) is 10.5. The highest BCUT2D eigenvalue weighted by Gasteiger charge is 2.16. The van der Waals surface area contributed by atoms with Crippen molar-refractivity contribution in [2.24, 2.45) is 0 Å². The fraction of sp³-hybridized carbons (Fsp3) is 0.188. The van der Waals surface area contributed by atoms with Crippen molar-refractivity contribution in [2.75, 3.05) is 6.61 Å². The second kappa shape index (κ2) is 7.26. The Balaban J connectivity index is 2.27. The zero-order valence-corrected chi connectivity index (χ0v) is 12.7. The number of amides is 1. The van der Waals surface area contributed by atoms with Crippen molar-refractivity contribution in [3.05, 3.63) is 53.1 Å². The van der Waals surface area contributed by atoms with Crippen LogP contribution in [0.2, 0.25) is 5.02 Å². The van der Waals surface area contributed by atoms with Crippen LogP contribution in [0.5, 0.6) is 5.75 Å². The number of carbonyl (C=O) groups is 1. The molecule has 1 unspecified atom stereocenters. The van der Waals surface area contributed by atoms with E-state index >= 15 is 0 Å². The Bertz CT molecular complexity index is 659. The highest BCUT2D eigenvalue weighted by Crippen LogP contribution is 2.33. The third-order valence-electron chi connectivity index (χ3n) is 2.90. The van der Waals surface area contributed by atoms with Gasteiger partial charge in [-0.3, -0.25) is 9.63 Å². The van der Waals surface area contributed by atoms with Crippen molar-refractivity contribution in [1.82, 2.24) is 5.48 Å². The Kier molecular flexibility index (Phi) is 5.38. The van der Waals surface area contributed by atoms with Crippen LogP contribution >= 0.6 is 11.6 Å². The summed E-state index contributed by atoms with van der Waals surface area (Å²) in [4.78, 5) is 16.9. The molecular formula is C16H16ClNO4. The number of nitrogens with one attached hydrogen (secondary N) is 1. The topological polar surface area (TPSA) is 78.8 Å². The molecule has 0 fully saturated rings. The molecule has 0 saturated carbocycles. The van der Waals surface area contributed by atoms with Gasteiger partial charge < -0.3 is 10.2 Å². The minimum atomic E-state index is -0.715.